The first-order chi connectivity index (χ1) is 16.8. The molecule has 7 nitrogen and oxygen atoms in total. The zero-order valence-corrected chi connectivity index (χ0v) is 20.1. The maximum atomic E-state index is 13.5. The van der Waals surface area contributed by atoms with Crippen molar-refractivity contribution in [3.63, 3.8) is 0 Å². The van der Waals surface area contributed by atoms with E-state index in [-0.39, 0.29) is 36.4 Å². The first-order valence-electron chi connectivity index (χ1n) is 12.5. The van der Waals surface area contributed by atoms with E-state index in [0.717, 1.165) is 35.1 Å². The molecule has 2 aromatic carbocycles. The van der Waals surface area contributed by atoms with E-state index in [1.807, 2.05) is 43.0 Å². The predicted octanol–water partition coefficient (Wildman–Crippen LogP) is 4.40. The number of fused-ring (bicyclic) bond motifs is 5. The van der Waals surface area contributed by atoms with Crippen LogP contribution in [0.3, 0.4) is 0 Å². The van der Waals surface area contributed by atoms with E-state index < -0.39 is 24.0 Å². The third-order valence-corrected chi connectivity index (χ3v) is 7.89. The number of rotatable bonds is 6. The van der Waals surface area contributed by atoms with E-state index in [1.165, 1.54) is 0 Å². The molecule has 2 N–H and O–H groups in total. The lowest BCUT2D eigenvalue weighted by Crippen LogP contribution is -2.57. The lowest BCUT2D eigenvalue weighted by molar-refractivity contribution is -0.149. The second-order valence-electron chi connectivity index (χ2n) is 10.3. The molecule has 2 aromatic rings. The molecule has 2 amide bonds. The summed E-state index contributed by atoms with van der Waals surface area (Å²) in [5, 5.41) is 12.3. The molecule has 2 heterocycles. The Hall–Kier alpha value is -3.35. The van der Waals surface area contributed by atoms with E-state index in [1.54, 1.807) is 0 Å². The second kappa shape index (κ2) is 9.36. The van der Waals surface area contributed by atoms with Gasteiger partial charge in [-0.1, -0.05) is 62.4 Å². The Kier molecular flexibility index (Phi) is 6.26. The summed E-state index contributed by atoms with van der Waals surface area (Å²) in [6.07, 6.45) is 1.98. The molecule has 7 heteroatoms. The Bertz CT molecular complexity index is 1090. The Balaban J connectivity index is 1.25. The summed E-state index contributed by atoms with van der Waals surface area (Å²) in [6, 6.07) is 15.5. The summed E-state index contributed by atoms with van der Waals surface area (Å²) in [4.78, 5) is 39.7. The number of nitrogens with zero attached hydrogens (tertiary/aromatic N) is 1. The lowest BCUT2D eigenvalue weighted by atomic mass is 9.89. The number of aliphatic carboxylic acids is 1. The molecule has 3 unspecified atom stereocenters. The molecule has 2 saturated heterocycles. The molecule has 5 rings (SSSR count). The highest BCUT2D eigenvalue weighted by Gasteiger charge is 2.47. The summed E-state index contributed by atoms with van der Waals surface area (Å²) in [6.45, 7) is 3.99. The minimum atomic E-state index is -0.786. The number of amides is 2. The van der Waals surface area contributed by atoms with Crippen LogP contribution in [0.2, 0.25) is 0 Å². The minimum Gasteiger partial charge on any atom is -0.481 e. The van der Waals surface area contributed by atoms with Crippen LogP contribution < -0.4 is 5.32 Å². The molecular weight excluding hydrogens is 444 g/mol. The van der Waals surface area contributed by atoms with E-state index in [2.05, 4.69) is 29.6 Å². The van der Waals surface area contributed by atoms with Gasteiger partial charge < -0.3 is 20.1 Å². The number of carboxylic acid groups (broad SMARTS) is 1. The van der Waals surface area contributed by atoms with Gasteiger partial charge in [0.2, 0.25) is 5.91 Å². The molecule has 3 aliphatic rings. The molecule has 35 heavy (non-hydrogen) atoms. The SMILES string of the molecule is CC(C)C(NC(=O)OCC1c2ccccc2-c2ccccc21)C(=O)N1C2CCC1CC(C(=O)O)C2. The number of hydrogen-bond acceptors (Lipinski definition) is 4. The minimum absolute atomic E-state index is 0.0488. The number of carboxylic acids is 1. The van der Waals surface area contributed by atoms with E-state index in [4.69, 9.17) is 4.74 Å². The van der Waals surface area contributed by atoms with Crippen molar-refractivity contribution in [2.75, 3.05) is 6.61 Å². The smallest absolute Gasteiger partial charge is 0.407 e. The summed E-state index contributed by atoms with van der Waals surface area (Å²) in [5.74, 6) is -1.49. The van der Waals surface area contributed by atoms with Crippen LogP contribution in [0.15, 0.2) is 48.5 Å². The lowest BCUT2D eigenvalue weighted by Gasteiger charge is -2.40. The zero-order chi connectivity index (χ0) is 24.7. The number of carbonyl (C=O) groups excluding carboxylic acids is 2. The first kappa shape index (κ1) is 23.4. The second-order valence-corrected chi connectivity index (χ2v) is 10.3. The molecule has 2 aliphatic heterocycles. The van der Waals surface area contributed by atoms with Crippen molar-refractivity contribution in [1.29, 1.82) is 0 Å². The molecule has 184 valence electrons. The van der Waals surface area contributed by atoms with Crippen LogP contribution in [0.5, 0.6) is 0 Å². The van der Waals surface area contributed by atoms with Gasteiger partial charge in [0.1, 0.15) is 12.6 Å². The number of ether oxygens (including phenoxy) is 1. The Labute approximate surface area is 205 Å². The maximum absolute atomic E-state index is 13.5. The van der Waals surface area contributed by atoms with Crippen molar-refractivity contribution in [1.82, 2.24) is 10.2 Å². The van der Waals surface area contributed by atoms with Crippen molar-refractivity contribution in [3.8, 4) is 11.1 Å². The third-order valence-electron chi connectivity index (χ3n) is 7.89. The van der Waals surface area contributed by atoms with Crippen LogP contribution in [-0.2, 0) is 14.3 Å². The van der Waals surface area contributed by atoms with Gasteiger partial charge in [-0.2, -0.15) is 0 Å². The normalized spacial score (nSPS) is 23.5. The molecule has 0 aromatic heterocycles. The average Bonchev–Trinajstić information content (AvgIpc) is 3.30. The maximum Gasteiger partial charge on any atom is 0.407 e. The van der Waals surface area contributed by atoms with Crippen LogP contribution >= 0.6 is 0 Å². The van der Waals surface area contributed by atoms with Gasteiger partial charge in [0.05, 0.1) is 5.92 Å². The molecule has 2 fully saturated rings. The van der Waals surface area contributed by atoms with Gasteiger partial charge in [0.25, 0.3) is 0 Å². The highest BCUT2D eigenvalue weighted by atomic mass is 16.5. The monoisotopic (exact) mass is 476 g/mol. The van der Waals surface area contributed by atoms with Crippen molar-refractivity contribution in [2.24, 2.45) is 11.8 Å². The van der Waals surface area contributed by atoms with Crippen molar-refractivity contribution < 1.29 is 24.2 Å². The number of alkyl carbamates (subject to hydrolysis) is 1. The number of benzene rings is 2. The Morgan fingerprint density at radius 2 is 1.51 bits per heavy atom. The highest BCUT2D eigenvalue weighted by Crippen LogP contribution is 2.44. The summed E-state index contributed by atoms with van der Waals surface area (Å²) in [7, 11) is 0. The molecule has 2 bridgehead atoms. The van der Waals surface area contributed by atoms with E-state index >= 15 is 0 Å². The summed E-state index contributed by atoms with van der Waals surface area (Å²) >= 11 is 0. The molecule has 0 radical (unpaired) electrons. The van der Waals surface area contributed by atoms with Crippen LogP contribution in [0.25, 0.3) is 11.1 Å². The van der Waals surface area contributed by atoms with Crippen LogP contribution in [0.4, 0.5) is 4.79 Å². The van der Waals surface area contributed by atoms with Gasteiger partial charge in [-0.05, 0) is 53.9 Å². The highest BCUT2D eigenvalue weighted by molar-refractivity contribution is 5.87. The van der Waals surface area contributed by atoms with Crippen LogP contribution in [-0.4, -0.2) is 52.7 Å². The number of hydrogen-bond donors (Lipinski definition) is 2. The van der Waals surface area contributed by atoms with Crippen molar-refractivity contribution >= 4 is 18.0 Å². The van der Waals surface area contributed by atoms with Crippen molar-refractivity contribution in [3.05, 3.63) is 59.7 Å². The van der Waals surface area contributed by atoms with Gasteiger partial charge in [-0.25, -0.2) is 4.79 Å². The predicted molar refractivity (Wildman–Crippen MR) is 131 cm³/mol. The standard InChI is InChI=1S/C28H32N2O5/c1-16(2)25(26(31)30-18-11-12-19(30)14-17(13-18)27(32)33)29-28(34)35-15-24-22-9-5-3-7-20(22)21-8-4-6-10-23(21)24/h3-10,16-19,24-25H,11-15H2,1-2H3,(H,29,34)(H,32,33). The fourth-order valence-electron chi connectivity index (χ4n) is 6.18. The largest absolute Gasteiger partial charge is 0.481 e. The van der Waals surface area contributed by atoms with E-state index in [0.29, 0.717) is 12.8 Å². The van der Waals surface area contributed by atoms with Gasteiger partial charge in [0.15, 0.2) is 0 Å². The fourth-order valence-corrected chi connectivity index (χ4v) is 6.18. The van der Waals surface area contributed by atoms with E-state index in [9.17, 15) is 19.5 Å². The first-order valence-corrected chi connectivity index (χ1v) is 12.5. The molecule has 0 spiro atoms. The average molecular weight is 477 g/mol. The molecule has 3 atom stereocenters. The van der Waals surface area contributed by atoms with Gasteiger partial charge in [-0.3, -0.25) is 9.59 Å². The molecular formula is C28H32N2O5. The van der Waals surface area contributed by atoms with Crippen molar-refractivity contribution in [2.45, 2.75) is 63.6 Å². The summed E-state index contributed by atoms with van der Waals surface area (Å²) in [5.41, 5.74) is 4.59. The van der Waals surface area contributed by atoms with Gasteiger partial charge in [-0.15, -0.1) is 0 Å². The molecule has 0 saturated carbocycles. The molecule has 1 aliphatic carbocycles. The Morgan fingerprint density at radius 1 is 0.971 bits per heavy atom. The topological polar surface area (TPSA) is 95.9 Å². The van der Waals surface area contributed by atoms with Crippen LogP contribution in [0, 0.1) is 11.8 Å². The number of carbonyl (C=O) groups is 3. The number of piperidine rings is 1. The zero-order valence-electron chi connectivity index (χ0n) is 20.1. The fraction of sp³-hybridized carbons (Fsp3) is 0.464. The van der Waals surface area contributed by atoms with Gasteiger partial charge in [0, 0.05) is 18.0 Å². The number of nitrogens with one attached hydrogen (secondary N) is 1. The third kappa shape index (κ3) is 4.28. The quantitative estimate of drug-likeness (QED) is 0.644. The van der Waals surface area contributed by atoms with Gasteiger partial charge >= 0.3 is 12.1 Å². The summed E-state index contributed by atoms with van der Waals surface area (Å²) < 4.78 is 5.68. The van der Waals surface area contributed by atoms with Crippen LogP contribution in [0.1, 0.15) is 56.6 Å². The Morgan fingerprint density at radius 3 is 2.03 bits per heavy atom.